The summed E-state index contributed by atoms with van der Waals surface area (Å²) in [6.07, 6.45) is 0. The number of carbonyl (C=O) groups excluding carboxylic acids is 1. The molecule has 0 N–H and O–H groups in total. The number of thioether (sulfide) groups is 1. The number of nitrogens with zero attached hydrogens (tertiary/aromatic N) is 3. The second kappa shape index (κ2) is 6.52. The molecule has 1 heterocycles. The van der Waals surface area contributed by atoms with Gasteiger partial charge in [0, 0.05) is 18.0 Å². The molecule has 2 rings (SSSR count). The van der Waals surface area contributed by atoms with Gasteiger partial charge in [-0.2, -0.15) is 0 Å². The van der Waals surface area contributed by atoms with E-state index >= 15 is 0 Å². The van der Waals surface area contributed by atoms with E-state index in [2.05, 4.69) is 10.2 Å². The average Bonchev–Trinajstić information content (AvgIpc) is 2.85. The smallest absolute Gasteiger partial charge is 0.191 e. The summed E-state index contributed by atoms with van der Waals surface area (Å²) in [7, 11) is 3.54. The lowest BCUT2D eigenvalue weighted by Gasteiger charge is -2.15. The molecule has 0 amide bonds. The third kappa shape index (κ3) is 3.68. The summed E-state index contributed by atoms with van der Waals surface area (Å²) in [6.45, 7) is 5.78. The van der Waals surface area contributed by atoms with Crippen molar-refractivity contribution in [1.29, 1.82) is 0 Å². The van der Waals surface area contributed by atoms with Crippen LogP contribution >= 0.6 is 11.8 Å². The minimum absolute atomic E-state index is 0.200. The molecule has 0 aliphatic carbocycles. The van der Waals surface area contributed by atoms with Gasteiger partial charge in [0.05, 0.1) is 12.9 Å². The number of hydrogen-bond acceptors (Lipinski definition) is 5. The number of ether oxygens (including phenoxy) is 1. The summed E-state index contributed by atoms with van der Waals surface area (Å²) in [5, 5.41) is 9.14. The van der Waals surface area contributed by atoms with E-state index in [0.717, 1.165) is 22.3 Å². The van der Waals surface area contributed by atoms with Gasteiger partial charge in [0.25, 0.3) is 0 Å². The number of benzene rings is 1. The molecule has 0 aliphatic heterocycles. The van der Waals surface area contributed by atoms with E-state index in [9.17, 15) is 4.79 Å². The number of rotatable bonds is 5. The maximum absolute atomic E-state index is 12.0. The van der Waals surface area contributed by atoms with Gasteiger partial charge in [-0.3, -0.25) is 4.79 Å². The van der Waals surface area contributed by atoms with Crippen molar-refractivity contribution in [2.45, 2.75) is 25.9 Å². The van der Waals surface area contributed by atoms with Gasteiger partial charge in [-0.05, 0) is 24.3 Å². The van der Waals surface area contributed by atoms with Crippen LogP contribution in [0.25, 0.3) is 11.4 Å². The van der Waals surface area contributed by atoms with Crippen LogP contribution in [0.3, 0.4) is 0 Å². The average molecular weight is 319 g/mol. The van der Waals surface area contributed by atoms with E-state index in [1.54, 1.807) is 7.11 Å². The quantitative estimate of drug-likeness (QED) is 0.792. The van der Waals surface area contributed by atoms with E-state index in [-0.39, 0.29) is 11.2 Å². The molecule has 0 bridgehead atoms. The fraction of sp³-hybridized carbons (Fsp3) is 0.438. The first-order chi connectivity index (χ1) is 10.3. The lowest BCUT2D eigenvalue weighted by atomic mass is 9.92. The Morgan fingerprint density at radius 3 is 2.41 bits per heavy atom. The predicted molar refractivity (Wildman–Crippen MR) is 88.2 cm³/mol. The molecule has 0 atom stereocenters. The molecule has 118 valence electrons. The van der Waals surface area contributed by atoms with E-state index < -0.39 is 0 Å². The molecule has 0 aliphatic rings. The van der Waals surface area contributed by atoms with Crippen LogP contribution in [0.4, 0.5) is 0 Å². The summed E-state index contributed by atoms with van der Waals surface area (Å²) < 4.78 is 7.06. The molecular formula is C16H21N3O2S. The first-order valence-electron chi connectivity index (χ1n) is 7.03. The van der Waals surface area contributed by atoms with Gasteiger partial charge in [0.15, 0.2) is 11.0 Å². The number of Topliss-reactive ketones (excluding diaryl/α,β-unsaturated/α-hetero) is 1. The van der Waals surface area contributed by atoms with Crippen molar-refractivity contribution in [3.63, 3.8) is 0 Å². The highest BCUT2D eigenvalue weighted by Crippen LogP contribution is 2.26. The summed E-state index contributed by atoms with van der Waals surface area (Å²) >= 11 is 1.42. The normalized spacial score (nSPS) is 11.5. The van der Waals surface area contributed by atoms with E-state index in [4.69, 9.17) is 4.74 Å². The van der Waals surface area contributed by atoms with E-state index in [1.165, 1.54) is 11.8 Å². The number of carbonyl (C=O) groups is 1. The highest BCUT2D eigenvalue weighted by molar-refractivity contribution is 7.99. The van der Waals surface area contributed by atoms with Crippen LogP contribution in [0.15, 0.2) is 29.4 Å². The second-order valence-corrected chi connectivity index (χ2v) is 7.00. The SMILES string of the molecule is COc1ccc(-c2nnc(SCC(=O)C(C)(C)C)n2C)cc1. The Morgan fingerprint density at radius 2 is 1.86 bits per heavy atom. The Labute approximate surface area is 135 Å². The molecule has 5 nitrogen and oxygen atoms in total. The minimum Gasteiger partial charge on any atom is -0.497 e. The summed E-state index contributed by atoms with van der Waals surface area (Å²) in [5.74, 6) is 2.18. The molecule has 0 saturated carbocycles. The second-order valence-electron chi connectivity index (χ2n) is 6.06. The first kappa shape index (κ1) is 16.5. The molecule has 0 unspecified atom stereocenters. The van der Waals surface area contributed by atoms with Crippen molar-refractivity contribution in [2.75, 3.05) is 12.9 Å². The Hall–Kier alpha value is -1.82. The van der Waals surface area contributed by atoms with Crippen molar-refractivity contribution >= 4 is 17.5 Å². The maximum Gasteiger partial charge on any atom is 0.191 e. The van der Waals surface area contributed by atoms with E-state index in [1.807, 2.05) is 56.7 Å². The Bertz CT molecular complexity index is 657. The summed E-state index contributed by atoms with van der Waals surface area (Å²) in [6, 6.07) is 7.66. The molecule has 1 aromatic carbocycles. The van der Waals surface area contributed by atoms with Gasteiger partial charge < -0.3 is 9.30 Å². The van der Waals surface area contributed by atoms with Crippen LogP contribution in [0.2, 0.25) is 0 Å². The van der Waals surface area contributed by atoms with Crippen molar-refractivity contribution < 1.29 is 9.53 Å². The zero-order chi connectivity index (χ0) is 16.3. The molecule has 1 aromatic heterocycles. The number of methoxy groups -OCH3 is 1. The number of hydrogen-bond donors (Lipinski definition) is 0. The largest absolute Gasteiger partial charge is 0.497 e. The topological polar surface area (TPSA) is 57.0 Å². The number of ketones is 1. The molecular weight excluding hydrogens is 298 g/mol. The molecule has 0 saturated heterocycles. The summed E-state index contributed by atoms with van der Waals surface area (Å²) in [5.41, 5.74) is 0.634. The standard InChI is InChI=1S/C16H21N3O2S/c1-16(2,3)13(20)10-22-15-18-17-14(19(15)4)11-6-8-12(21-5)9-7-11/h6-9H,10H2,1-5H3. The third-order valence-corrected chi connectivity index (χ3v) is 4.37. The highest BCUT2D eigenvalue weighted by atomic mass is 32.2. The molecule has 22 heavy (non-hydrogen) atoms. The van der Waals surface area contributed by atoms with E-state index in [0.29, 0.717) is 5.75 Å². The fourth-order valence-electron chi connectivity index (χ4n) is 1.78. The highest BCUT2D eigenvalue weighted by Gasteiger charge is 2.22. The maximum atomic E-state index is 12.0. The Kier molecular flexibility index (Phi) is 4.90. The Balaban J connectivity index is 2.13. The van der Waals surface area contributed by atoms with Gasteiger partial charge in [0.2, 0.25) is 0 Å². The van der Waals surface area contributed by atoms with Crippen LogP contribution in [0.5, 0.6) is 5.75 Å². The zero-order valence-electron chi connectivity index (χ0n) is 13.6. The van der Waals surface area contributed by atoms with Crippen LogP contribution in [-0.2, 0) is 11.8 Å². The molecule has 0 fully saturated rings. The van der Waals surface area contributed by atoms with Crippen molar-refractivity contribution in [1.82, 2.24) is 14.8 Å². The van der Waals surface area contributed by atoms with Crippen molar-refractivity contribution in [3.8, 4) is 17.1 Å². The van der Waals surface area contributed by atoms with Gasteiger partial charge in [0.1, 0.15) is 11.5 Å². The first-order valence-corrected chi connectivity index (χ1v) is 8.01. The van der Waals surface area contributed by atoms with Crippen LogP contribution in [0.1, 0.15) is 20.8 Å². The van der Waals surface area contributed by atoms with Gasteiger partial charge in [-0.25, -0.2) is 0 Å². The van der Waals surface area contributed by atoms with Crippen LogP contribution < -0.4 is 4.74 Å². The zero-order valence-corrected chi connectivity index (χ0v) is 14.4. The minimum atomic E-state index is -0.329. The van der Waals surface area contributed by atoms with Crippen molar-refractivity contribution in [2.24, 2.45) is 12.5 Å². The number of aromatic nitrogens is 3. The van der Waals surface area contributed by atoms with Gasteiger partial charge in [-0.1, -0.05) is 32.5 Å². The van der Waals surface area contributed by atoms with Crippen molar-refractivity contribution in [3.05, 3.63) is 24.3 Å². The van der Waals surface area contributed by atoms with Crippen LogP contribution in [-0.4, -0.2) is 33.4 Å². The third-order valence-electron chi connectivity index (χ3n) is 3.35. The van der Waals surface area contributed by atoms with Gasteiger partial charge >= 0.3 is 0 Å². The lowest BCUT2D eigenvalue weighted by molar-refractivity contribution is -0.123. The lowest BCUT2D eigenvalue weighted by Crippen LogP contribution is -2.22. The monoisotopic (exact) mass is 319 g/mol. The van der Waals surface area contributed by atoms with Crippen LogP contribution in [0, 0.1) is 5.41 Å². The molecule has 2 aromatic rings. The molecule has 0 spiro atoms. The Morgan fingerprint density at radius 1 is 1.23 bits per heavy atom. The molecule has 0 radical (unpaired) electrons. The van der Waals surface area contributed by atoms with Gasteiger partial charge in [-0.15, -0.1) is 10.2 Å². The fourth-order valence-corrected chi connectivity index (χ4v) is 2.85. The summed E-state index contributed by atoms with van der Waals surface area (Å²) in [4.78, 5) is 12.0. The molecule has 6 heteroatoms. The predicted octanol–water partition coefficient (Wildman–Crippen LogP) is 3.20.